The number of hydrogen-bond acceptors (Lipinski definition) is 2. The first-order valence-electron chi connectivity index (χ1n) is 10.4. The highest BCUT2D eigenvalue weighted by Crippen LogP contribution is 2.34. The average Bonchev–Trinajstić information content (AvgIpc) is 3.34. The van der Waals surface area contributed by atoms with Crippen LogP contribution in [0.15, 0.2) is 115 Å². The van der Waals surface area contributed by atoms with E-state index >= 15 is 0 Å². The molecule has 5 aromatic carbocycles. The van der Waals surface area contributed by atoms with Gasteiger partial charge in [-0.1, -0.05) is 96.2 Å². The lowest BCUT2D eigenvalue weighted by Gasteiger charge is -2.08. The fourth-order valence-electron chi connectivity index (χ4n) is 4.22. The molecule has 0 aliphatic heterocycles. The third-order valence-electron chi connectivity index (χ3n) is 5.78. The summed E-state index contributed by atoms with van der Waals surface area (Å²) in [5, 5.41) is 13.8. The van der Waals surface area contributed by atoms with E-state index in [1.165, 1.54) is 32.7 Å². The molecule has 0 saturated carbocycles. The standard InChI is InChI=1S/C28H19N3/c1-2-8-20(9-3-1)21-14-16-23(17-15-21)31-19-28(29-30-31)27-18-22-10-4-5-11-24(22)25-12-6-7-13-26(25)27/h1-19H. The molecular formula is C28H19N3. The van der Waals surface area contributed by atoms with Crippen molar-refractivity contribution in [3.05, 3.63) is 115 Å². The van der Waals surface area contributed by atoms with Gasteiger partial charge in [0.15, 0.2) is 0 Å². The van der Waals surface area contributed by atoms with E-state index in [2.05, 4.69) is 113 Å². The highest BCUT2D eigenvalue weighted by atomic mass is 15.4. The molecule has 0 aliphatic carbocycles. The lowest BCUT2D eigenvalue weighted by Crippen LogP contribution is -1.94. The SMILES string of the molecule is c1ccc(-c2ccc(-n3cc(-c4cc5ccccc5c5ccccc45)nn3)cc2)cc1. The van der Waals surface area contributed by atoms with Crippen LogP contribution in [0.3, 0.4) is 0 Å². The Kier molecular flexibility index (Phi) is 4.10. The van der Waals surface area contributed by atoms with E-state index in [4.69, 9.17) is 0 Å². The Labute approximate surface area is 180 Å². The van der Waals surface area contributed by atoms with Gasteiger partial charge in [0.1, 0.15) is 5.69 Å². The van der Waals surface area contributed by atoms with Crippen LogP contribution in [0.4, 0.5) is 0 Å². The Morgan fingerprint density at radius 2 is 1.19 bits per heavy atom. The smallest absolute Gasteiger partial charge is 0.114 e. The Morgan fingerprint density at radius 1 is 0.548 bits per heavy atom. The van der Waals surface area contributed by atoms with Crippen LogP contribution in [0.2, 0.25) is 0 Å². The molecule has 0 fully saturated rings. The normalized spacial score (nSPS) is 11.2. The molecule has 0 amide bonds. The highest BCUT2D eigenvalue weighted by molar-refractivity contribution is 6.13. The first-order chi connectivity index (χ1) is 15.4. The van der Waals surface area contributed by atoms with Crippen molar-refractivity contribution in [2.75, 3.05) is 0 Å². The molecule has 0 aliphatic rings. The Hall–Kier alpha value is -4.24. The summed E-state index contributed by atoms with van der Waals surface area (Å²) in [4.78, 5) is 0. The van der Waals surface area contributed by atoms with E-state index in [0.717, 1.165) is 16.9 Å². The molecule has 0 unspecified atom stereocenters. The molecule has 3 nitrogen and oxygen atoms in total. The summed E-state index contributed by atoms with van der Waals surface area (Å²) >= 11 is 0. The molecule has 1 heterocycles. The Balaban J connectivity index is 1.43. The van der Waals surface area contributed by atoms with E-state index in [9.17, 15) is 0 Å². The van der Waals surface area contributed by atoms with Gasteiger partial charge in [-0.25, -0.2) is 4.68 Å². The summed E-state index contributed by atoms with van der Waals surface area (Å²) in [6.07, 6.45) is 2.01. The molecular weight excluding hydrogens is 378 g/mol. The van der Waals surface area contributed by atoms with Crippen LogP contribution in [0.5, 0.6) is 0 Å². The van der Waals surface area contributed by atoms with Crippen molar-refractivity contribution in [1.82, 2.24) is 15.0 Å². The molecule has 0 spiro atoms. The van der Waals surface area contributed by atoms with Gasteiger partial charge in [-0.05, 0) is 50.9 Å². The van der Waals surface area contributed by atoms with Crippen LogP contribution in [0, 0.1) is 0 Å². The molecule has 0 saturated heterocycles. The minimum Gasteiger partial charge on any atom is -0.220 e. The van der Waals surface area contributed by atoms with E-state index in [1.807, 2.05) is 16.9 Å². The van der Waals surface area contributed by atoms with Gasteiger partial charge < -0.3 is 0 Å². The van der Waals surface area contributed by atoms with Gasteiger partial charge in [0.05, 0.1) is 11.9 Å². The maximum atomic E-state index is 4.51. The van der Waals surface area contributed by atoms with Crippen molar-refractivity contribution in [1.29, 1.82) is 0 Å². The Morgan fingerprint density at radius 3 is 2.00 bits per heavy atom. The van der Waals surface area contributed by atoms with Crippen molar-refractivity contribution in [2.24, 2.45) is 0 Å². The minimum atomic E-state index is 0.870. The van der Waals surface area contributed by atoms with E-state index in [-0.39, 0.29) is 0 Å². The number of nitrogens with zero attached hydrogens (tertiary/aromatic N) is 3. The molecule has 6 aromatic rings. The molecule has 31 heavy (non-hydrogen) atoms. The number of rotatable bonds is 3. The maximum Gasteiger partial charge on any atom is 0.114 e. The van der Waals surface area contributed by atoms with Gasteiger partial charge in [-0.2, -0.15) is 0 Å². The quantitative estimate of drug-likeness (QED) is 0.304. The van der Waals surface area contributed by atoms with Crippen LogP contribution in [0.25, 0.3) is 49.6 Å². The summed E-state index contributed by atoms with van der Waals surface area (Å²) in [5.41, 5.74) is 5.35. The highest BCUT2D eigenvalue weighted by Gasteiger charge is 2.12. The van der Waals surface area contributed by atoms with Crippen molar-refractivity contribution >= 4 is 21.5 Å². The second-order valence-corrected chi connectivity index (χ2v) is 7.65. The lowest BCUT2D eigenvalue weighted by atomic mass is 9.96. The van der Waals surface area contributed by atoms with E-state index in [1.54, 1.807) is 0 Å². The van der Waals surface area contributed by atoms with Gasteiger partial charge in [0, 0.05) is 5.56 Å². The fraction of sp³-hybridized carbons (Fsp3) is 0. The van der Waals surface area contributed by atoms with Crippen LogP contribution < -0.4 is 0 Å². The number of hydrogen-bond donors (Lipinski definition) is 0. The summed E-state index contributed by atoms with van der Waals surface area (Å²) < 4.78 is 1.84. The zero-order valence-electron chi connectivity index (χ0n) is 16.8. The first kappa shape index (κ1) is 17.6. The van der Waals surface area contributed by atoms with Crippen molar-refractivity contribution in [3.8, 4) is 28.1 Å². The van der Waals surface area contributed by atoms with Gasteiger partial charge in [-0.15, -0.1) is 5.10 Å². The summed E-state index contributed by atoms with van der Waals surface area (Å²) in [6, 6.07) is 38.0. The van der Waals surface area contributed by atoms with Crippen LogP contribution in [0.1, 0.15) is 0 Å². The predicted molar refractivity (Wildman–Crippen MR) is 127 cm³/mol. The monoisotopic (exact) mass is 397 g/mol. The Bertz CT molecular complexity index is 1510. The van der Waals surface area contributed by atoms with Gasteiger partial charge >= 0.3 is 0 Å². The fourth-order valence-corrected chi connectivity index (χ4v) is 4.22. The topological polar surface area (TPSA) is 30.7 Å². The summed E-state index contributed by atoms with van der Waals surface area (Å²) in [7, 11) is 0. The predicted octanol–water partition coefficient (Wildman–Crippen LogP) is 6.91. The molecule has 1 aromatic heterocycles. The lowest BCUT2D eigenvalue weighted by molar-refractivity contribution is 0.804. The molecule has 0 bridgehead atoms. The van der Waals surface area contributed by atoms with Gasteiger partial charge in [0.25, 0.3) is 0 Å². The number of fused-ring (bicyclic) bond motifs is 3. The molecule has 0 atom stereocenters. The minimum absolute atomic E-state index is 0.870. The van der Waals surface area contributed by atoms with Crippen LogP contribution in [-0.4, -0.2) is 15.0 Å². The van der Waals surface area contributed by atoms with Crippen molar-refractivity contribution < 1.29 is 0 Å². The zero-order chi connectivity index (χ0) is 20.6. The maximum absolute atomic E-state index is 4.51. The molecule has 0 radical (unpaired) electrons. The van der Waals surface area contributed by atoms with Gasteiger partial charge in [-0.3, -0.25) is 0 Å². The molecule has 6 rings (SSSR count). The largest absolute Gasteiger partial charge is 0.220 e. The van der Waals surface area contributed by atoms with E-state index < -0.39 is 0 Å². The molecule has 3 heteroatoms. The average molecular weight is 397 g/mol. The molecule has 0 N–H and O–H groups in total. The van der Waals surface area contributed by atoms with Crippen molar-refractivity contribution in [2.45, 2.75) is 0 Å². The van der Waals surface area contributed by atoms with Crippen LogP contribution in [-0.2, 0) is 0 Å². The molecule has 146 valence electrons. The second kappa shape index (κ2) is 7.22. The van der Waals surface area contributed by atoms with Crippen molar-refractivity contribution in [3.63, 3.8) is 0 Å². The zero-order valence-corrected chi connectivity index (χ0v) is 16.8. The van der Waals surface area contributed by atoms with E-state index in [0.29, 0.717) is 0 Å². The number of benzene rings is 5. The first-order valence-corrected chi connectivity index (χ1v) is 10.4. The third kappa shape index (κ3) is 3.08. The number of aromatic nitrogens is 3. The van der Waals surface area contributed by atoms with Gasteiger partial charge in [0.2, 0.25) is 0 Å². The second-order valence-electron chi connectivity index (χ2n) is 7.65. The van der Waals surface area contributed by atoms with Crippen LogP contribution >= 0.6 is 0 Å². The summed E-state index contributed by atoms with van der Waals surface area (Å²) in [5.74, 6) is 0. The summed E-state index contributed by atoms with van der Waals surface area (Å²) in [6.45, 7) is 0. The third-order valence-corrected chi connectivity index (χ3v) is 5.78.